The molecule has 0 unspecified atom stereocenters. The zero-order chi connectivity index (χ0) is 24.2. The molecule has 1 aromatic carbocycles. The number of pyridine rings is 4. The molecule has 0 bridgehead atoms. The van der Waals surface area contributed by atoms with Gasteiger partial charge in [0, 0.05) is 64.5 Å². The summed E-state index contributed by atoms with van der Waals surface area (Å²) in [4.78, 5) is 23.9. The van der Waals surface area contributed by atoms with E-state index >= 15 is 0 Å². The average Bonchev–Trinajstić information content (AvgIpc) is 2.98. The summed E-state index contributed by atoms with van der Waals surface area (Å²) in [5.74, 6) is 0. The highest BCUT2D eigenvalue weighted by molar-refractivity contribution is 6.13. The third-order valence-corrected chi connectivity index (χ3v) is 6.23. The fourth-order valence-electron chi connectivity index (χ4n) is 4.66. The summed E-state index contributed by atoms with van der Waals surface area (Å²) in [5.41, 5.74) is 9.46. The van der Waals surface area contributed by atoms with Crippen LogP contribution in [0, 0.1) is 0 Å². The van der Waals surface area contributed by atoms with Crippen molar-refractivity contribution in [2.24, 2.45) is 4.99 Å². The third kappa shape index (κ3) is 4.12. The Balaban J connectivity index is 1.82. The summed E-state index contributed by atoms with van der Waals surface area (Å²) in [7, 11) is 0. The standard InChI is InChI=1S/C31H23N5/c1-6-16-32-24(11-1)22-21-23(25-12-2-7-17-33-25)30(27-14-4-9-19-35-27)31(28-15-5-10-20-36-28)29(22)26-13-3-8-18-34-26/h1,3-11,13-21H,2,12H2. The van der Waals surface area contributed by atoms with Gasteiger partial charge in [0.2, 0.25) is 0 Å². The fraction of sp³-hybridized carbons (Fsp3) is 0.0645. The Bertz CT molecular complexity index is 1550. The Morgan fingerprint density at radius 3 is 1.47 bits per heavy atom. The first-order valence-electron chi connectivity index (χ1n) is 12.0. The highest BCUT2D eigenvalue weighted by atomic mass is 14.7. The van der Waals surface area contributed by atoms with E-state index in [9.17, 15) is 0 Å². The number of rotatable bonds is 5. The number of allylic oxidation sites excluding steroid dienone is 1. The number of nitrogens with zero attached hydrogens (tertiary/aromatic N) is 5. The van der Waals surface area contributed by atoms with Crippen LogP contribution in [0.2, 0.25) is 0 Å². The maximum atomic E-state index is 4.81. The highest BCUT2D eigenvalue weighted by Gasteiger charge is 2.26. The molecule has 5 heteroatoms. The lowest BCUT2D eigenvalue weighted by atomic mass is 9.82. The van der Waals surface area contributed by atoms with Crippen LogP contribution in [-0.4, -0.2) is 25.6 Å². The number of aromatic nitrogens is 4. The molecule has 0 fully saturated rings. The minimum atomic E-state index is 0.850. The molecule has 5 aromatic rings. The minimum Gasteiger partial charge on any atom is -0.261 e. The molecule has 0 atom stereocenters. The molecule has 4 aromatic heterocycles. The summed E-state index contributed by atoms with van der Waals surface area (Å²) >= 11 is 0. The second-order valence-electron chi connectivity index (χ2n) is 8.46. The number of aliphatic imine (C=N–C) groups is 1. The highest BCUT2D eigenvalue weighted by Crippen LogP contribution is 2.46. The van der Waals surface area contributed by atoms with Crippen LogP contribution in [-0.2, 0) is 0 Å². The van der Waals surface area contributed by atoms with Gasteiger partial charge >= 0.3 is 0 Å². The molecule has 5 heterocycles. The van der Waals surface area contributed by atoms with E-state index in [1.807, 2.05) is 104 Å². The van der Waals surface area contributed by atoms with Crippen LogP contribution in [0.1, 0.15) is 18.4 Å². The Morgan fingerprint density at radius 1 is 0.500 bits per heavy atom. The Morgan fingerprint density at radius 2 is 1.00 bits per heavy atom. The molecule has 5 nitrogen and oxygen atoms in total. The Hall–Kier alpha value is -4.77. The maximum absolute atomic E-state index is 4.81. The molecular weight excluding hydrogens is 442 g/mol. The molecule has 0 N–H and O–H groups in total. The van der Waals surface area contributed by atoms with Gasteiger partial charge in [-0.05, 0) is 67.4 Å². The van der Waals surface area contributed by atoms with Crippen molar-refractivity contribution in [2.45, 2.75) is 12.8 Å². The quantitative estimate of drug-likeness (QED) is 0.279. The average molecular weight is 466 g/mol. The smallest absolute Gasteiger partial charge is 0.0716 e. The summed E-state index contributed by atoms with van der Waals surface area (Å²) in [6.45, 7) is 0. The van der Waals surface area contributed by atoms with Crippen LogP contribution in [0.3, 0.4) is 0 Å². The molecule has 1 aliphatic rings. The number of benzene rings is 1. The monoisotopic (exact) mass is 465 g/mol. The van der Waals surface area contributed by atoms with Crippen molar-refractivity contribution in [1.29, 1.82) is 0 Å². The van der Waals surface area contributed by atoms with E-state index in [4.69, 9.17) is 24.9 Å². The van der Waals surface area contributed by atoms with Crippen molar-refractivity contribution in [3.63, 3.8) is 0 Å². The van der Waals surface area contributed by atoms with E-state index in [0.717, 1.165) is 69.1 Å². The molecule has 0 radical (unpaired) electrons. The summed E-state index contributed by atoms with van der Waals surface area (Å²) in [5, 5.41) is 0. The van der Waals surface area contributed by atoms with Crippen LogP contribution in [0.5, 0.6) is 0 Å². The lowest BCUT2D eigenvalue weighted by Crippen LogP contribution is -2.09. The molecule has 0 saturated heterocycles. The molecule has 1 aliphatic heterocycles. The zero-order valence-corrected chi connectivity index (χ0v) is 19.6. The number of hydrogen-bond acceptors (Lipinski definition) is 5. The SMILES string of the molecule is C1=CN=C(c2cc(-c3ccccn3)c(-c3ccccn3)c(-c3ccccn3)c2-c2ccccn2)CC1. The summed E-state index contributed by atoms with van der Waals surface area (Å²) < 4.78 is 0. The van der Waals surface area contributed by atoms with E-state index in [1.165, 1.54) is 0 Å². The van der Waals surface area contributed by atoms with Crippen molar-refractivity contribution in [1.82, 2.24) is 19.9 Å². The van der Waals surface area contributed by atoms with Crippen molar-refractivity contribution in [3.05, 3.63) is 121 Å². The lowest BCUT2D eigenvalue weighted by Gasteiger charge is -2.23. The van der Waals surface area contributed by atoms with E-state index < -0.39 is 0 Å². The summed E-state index contributed by atoms with van der Waals surface area (Å²) in [6, 6.07) is 26.2. The molecule has 0 spiro atoms. The van der Waals surface area contributed by atoms with Gasteiger partial charge in [-0.3, -0.25) is 24.9 Å². The summed E-state index contributed by atoms with van der Waals surface area (Å²) in [6.07, 6.45) is 13.1. The van der Waals surface area contributed by atoms with Gasteiger partial charge in [-0.2, -0.15) is 0 Å². The minimum absolute atomic E-state index is 0.850. The van der Waals surface area contributed by atoms with Gasteiger partial charge in [0.15, 0.2) is 0 Å². The van der Waals surface area contributed by atoms with Gasteiger partial charge in [0.25, 0.3) is 0 Å². The maximum Gasteiger partial charge on any atom is 0.0716 e. The normalized spacial score (nSPS) is 12.8. The molecule has 36 heavy (non-hydrogen) atoms. The Labute approximate surface area is 210 Å². The van der Waals surface area contributed by atoms with E-state index in [2.05, 4.69) is 12.1 Å². The van der Waals surface area contributed by atoms with Crippen molar-refractivity contribution < 1.29 is 0 Å². The fourth-order valence-corrected chi connectivity index (χ4v) is 4.66. The van der Waals surface area contributed by atoms with Gasteiger partial charge in [0.1, 0.15) is 0 Å². The first kappa shape index (κ1) is 21.7. The van der Waals surface area contributed by atoms with Crippen LogP contribution in [0.15, 0.2) is 121 Å². The van der Waals surface area contributed by atoms with Gasteiger partial charge in [-0.1, -0.05) is 30.3 Å². The topological polar surface area (TPSA) is 63.9 Å². The molecule has 172 valence electrons. The molecule has 0 saturated carbocycles. The third-order valence-electron chi connectivity index (χ3n) is 6.23. The molecular formula is C31H23N5. The Kier molecular flexibility index (Phi) is 5.94. The van der Waals surface area contributed by atoms with Crippen LogP contribution in [0.4, 0.5) is 0 Å². The van der Waals surface area contributed by atoms with Gasteiger partial charge in [-0.15, -0.1) is 0 Å². The van der Waals surface area contributed by atoms with Crippen molar-refractivity contribution >= 4 is 5.71 Å². The largest absolute Gasteiger partial charge is 0.261 e. The van der Waals surface area contributed by atoms with Gasteiger partial charge in [0.05, 0.1) is 22.8 Å². The van der Waals surface area contributed by atoms with Crippen molar-refractivity contribution in [2.75, 3.05) is 0 Å². The number of hydrogen-bond donors (Lipinski definition) is 0. The van der Waals surface area contributed by atoms with E-state index in [-0.39, 0.29) is 0 Å². The van der Waals surface area contributed by atoms with E-state index in [0.29, 0.717) is 0 Å². The second-order valence-corrected chi connectivity index (χ2v) is 8.46. The first-order chi connectivity index (χ1) is 17.9. The molecule has 0 amide bonds. The van der Waals surface area contributed by atoms with Crippen LogP contribution < -0.4 is 0 Å². The molecule has 0 aliphatic carbocycles. The van der Waals surface area contributed by atoms with Crippen molar-refractivity contribution in [3.8, 4) is 45.0 Å². The van der Waals surface area contributed by atoms with Gasteiger partial charge < -0.3 is 0 Å². The first-order valence-corrected chi connectivity index (χ1v) is 12.0. The van der Waals surface area contributed by atoms with Gasteiger partial charge in [-0.25, -0.2) is 0 Å². The van der Waals surface area contributed by atoms with Crippen LogP contribution in [0.25, 0.3) is 45.0 Å². The van der Waals surface area contributed by atoms with E-state index in [1.54, 1.807) is 0 Å². The van der Waals surface area contributed by atoms with Crippen LogP contribution >= 0.6 is 0 Å². The predicted octanol–water partition coefficient (Wildman–Crippen LogP) is 7.03. The lowest BCUT2D eigenvalue weighted by molar-refractivity contribution is 1.06. The predicted molar refractivity (Wildman–Crippen MR) is 144 cm³/mol. The zero-order valence-electron chi connectivity index (χ0n) is 19.6. The second kappa shape index (κ2) is 9.84. The molecule has 6 rings (SSSR count).